The first-order valence-electron chi connectivity index (χ1n) is 2.87. The first kappa shape index (κ1) is 8.68. The highest BCUT2D eigenvalue weighted by Crippen LogP contribution is 1.94. The molecule has 4 nitrogen and oxygen atoms in total. The van der Waals surface area contributed by atoms with Gasteiger partial charge in [0.05, 0.1) is 5.57 Å². The third kappa shape index (κ3) is 2.30. The Kier molecular flexibility index (Phi) is 3.17. The van der Waals surface area contributed by atoms with Crippen LogP contribution in [0.2, 0.25) is 0 Å². The fourth-order valence-electron chi connectivity index (χ4n) is 0.517. The molecule has 0 aromatic carbocycles. The molecule has 0 fully saturated rings. The molecule has 0 bridgehead atoms. The van der Waals surface area contributed by atoms with Gasteiger partial charge in [-0.2, -0.15) is 0 Å². The fraction of sp³-hybridized carbons (Fsp3) is 0.333. The molecule has 0 amide bonds. The minimum atomic E-state index is -1.14. The molecule has 0 saturated carbocycles. The molecule has 0 aliphatic heterocycles. The quantitative estimate of drug-likeness (QED) is 0.301. The molecular weight excluding hydrogens is 132 g/mol. The SMILES string of the molecule is CCC=C(C(=N)N)C(=O)O. The highest BCUT2D eigenvalue weighted by molar-refractivity contribution is 6.16. The lowest BCUT2D eigenvalue weighted by Gasteiger charge is -1.95. The molecule has 0 aliphatic carbocycles. The van der Waals surface area contributed by atoms with Crippen LogP contribution < -0.4 is 5.73 Å². The number of carboxylic acid groups (broad SMARTS) is 1. The Morgan fingerprint density at radius 1 is 1.80 bits per heavy atom. The van der Waals surface area contributed by atoms with Crippen molar-refractivity contribution in [1.82, 2.24) is 0 Å². The van der Waals surface area contributed by atoms with Gasteiger partial charge in [0.25, 0.3) is 0 Å². The van der Waals surface area contributed by atoms with Crippen molar-refractivity contribution in [2.24, 2.45) is 5.73 Å². The van der Waals surface area contributed by atoms with Gasteiger partial charge in [0.2, 0.25) is 0 Å². The van der Waals surface area contributed by atoms with Crippen LogP contribution in [0.5, 0.6) is 0 Å². The number of hydrogen-bond acceptors (Lipinski definition) is 2. The minimum Gasteiger partial charge on any atom is -0.478 e. The third-order valence-corrected chi connectivity index (χ3v) is 0.929. The van der Waals surface area contributed by atoms with E-state index < -0.39 is 11.8 Å². The molecule has 0 radical (unpaired) electrons. The number of nitrogens with two attached hydrogens (primary N) is 1. The summed E-state index contributed by atoms with van der Waals surface area (Å²) in [7, 11) is 0. The highest BCUT2D eigenvalue weighted by Gasteiger charge is 2.07. The standard InChI is InChI=1S/C6H10N2O2/c1-2-3-4(5(7)8)6(9)10/h3H,2H2,1H3,(H3,7,8)(H,9,10). The predicted molar refractivity (Wildman–Crippen MR) is 37.9 cm³/mol. The van der Waals surface area contributed by atoms with Gasteiger partial charge in [0.15, 0.2) is 0 Å². The zero-order valence-electron chi connectivity index (χ0n) is 5.72. The van der Waals surface area contributed by atoms with Crippen molar-refractivity contribution in [2.45, 2.75) is 13.3 Å². The average Bonchev–Trinajstić information content (AvgIpc) is 1.81. The Balaban J connectivity index is 4.42. The number of nitrogens with one attached hydrogen (secondary N) is 1. The maximum atomic E-state index is 10.2. The largest absolute Gasteiger partial charge is 0.478 e. The lowest BCUT2D eigenvalue weighted by Crippen LogP contribution is -2.19. The second-order valence-electron chi connectivity index (χ2n) is 1.74. The fourth-order valence-corrected chi connectivity index (χ4v) is 0.517. The van der Waals surface area contributed by atoms with E-state index in [0.717, 1.165) is 0 Å². The van der Waals surface area contributed by atoms with Gasteiger partial charge in [-0.15, -0.1) is 0 Å². The van der Waals surface area contributed by atoms with Crippen molar-refractivity contribution in [3.05, 3.63) is 11.6 Å². The molecule has 4 heteroatoms. The Bertz CT molecular complexity index is 168. The highest BCUT2D eigenvalue weighted by atomic mass is 16.4. The molecule has 10 heavy (non-hydrogen) atoms. The van der Waals surface area contributed by atoms with Gasteiger partial charge in [-0.1, -0.05) is 13.0 Å². The van der Waals surface area contributed by atoms with Crippen molar-refractivity contribution in [1.29, 1.82) is 5.41 Å². The zero-order chi connectivity index (χ0) is 8.15. The van der Waals surface area contributed by atoms with E-state index in [9.17, 15) is 4.79 Å². The van der Waals surface area contributed by atoms with Crippen molar-refractivity contribution in [3.63, 3.8) is 0 Å². The van der Waals surface area contributed by atoms with Crippen LogP contribution in [-0.2, 0) is 4.79 Å². The van der Waals surface area contributed by atoms with E-state index in [1.165, 1.54) is 6.08 Å². The smallest absolute Gasteiger partial charge is 0.339 e. The summed E-state index contributed by atoms with van der Waals surface area (Å²) in [6, 6.07) is 0. The topological polar surface area (TPSA) is 87.2 Å². The molecule has 4 N–H and O–H groups in total. The Morgan fingerprint density at radius 3 is 2.40 bits per heavy atom. The molecule has 0 aliphatic rings. The van der Waals surface area contributed by atoms with E-state index in [1.807, 2.05) is 0 Å². The van der Waals surface area contributed by atoms with Crippen molar-refractivity contribution < 1.29 is 9.90 Å². The monoisotopic (exact) mass is 142 g/mol. The third-order valence-electron chi connectivity index (χ3n) is 0.929. The molecule has 0 saturated heterocycles. The van der Waals surface area contributed by atoms with Crippen molar-refractivity contribution >= 4 is 11.8 Å². The molecule has 56 valence electrons. The van der Waals surface area contributed by atoms with E-state index >= 15 is 0 Å². The first-order valence-corrected chi connectivity index (χ1v) is 2.87. The summed E-state index contributed by atoms with van der Waals surface area (Å²) in [6.45, 7) is 1.78. The Morgan fingerprint density at radius 2 is 2.30 bits per heavy atom. The van der Waals surface area contributed by atoms with Gasteiger partial charge >= 0.3 is 5.97 Å². The maximum absolute atomic E-state index is 10.2. The summed E-state index contributed by atoms with van der Waals surface area (Å²) >= 11 is 0. The lowest BCUT2D eigenvalue weighted by molar-refractivity contribution is -0.132. The van der Waals surface area contributed by atoms with Crippen LogP contribution in [0, 0.1) is 5.41 Å². The summed E-state index contributed by atoms with van der Waals surface area (Å²) in [5.74, 6) is -1.54. The normalized spacial score (nSPS) is 11.1. The summed E-state index contributed by atoms with van der Waals surface area (Å²) in [6.07, 6.45) is 1.98. The molecule has 0 aromatic heterocycles. The van der Waals surface area contributed by atoms with Crippen molar-refractivity contribution in [3.8, 4) is 0 Å². The minimum absolute atomic E-state index is 0.123. The number of aliphatic carboxylic acids is 1. The van der Waals surface area contributed by atoms with Crippen LogP contribution in [0.3, 0.4) is 0 Å². The number of allylic oxidation sites excluding steroid dienone is 1. The van der Waals surface area contributed by atoms with Gasteiger partial charge in [-0.05, 0) is 6.42 Å². The van der Waals surface area contributed by atoms with Crippen LogP contribution >= 0.6 is 0 Å². The van der Waals surface area contributed by atoms with E-state index in [1.54, 1.807) is 6.92 Å². The van der Waals surface area contributed by atoms with E-state index in [0.29, 0.717) is 6.42 Å². The molecule has 0 spiro atoms. The molecule has 0 unspecified atom stereocenters. The first-order chi connectivity index (χ1) is 4.59. The summed E-state index contributed by atoms with van der Waals surface area (Å²) < 4.78 is 0. The van der Waals surface area contributed by atoms with Crippen LogP contribution in [0.25, 0.3) is 0 Å². The second kappa shape index (κ2) is 3.66. The van der Waals surface area contributed by atoms with Crippen LogP contribution in [0.1, 0.15) is 13.3 Å². The average molecular weight is 142 g/mol. The van der Waals surface area contributed by atoms with Gasteiger partial charge in [0, 0.05) is 0 Å². The van der Waals surface area contributed by atoms with E-state index in [-0.39, 0.29) is 5.57 Å². The number of hydrogen-bond donors (Lipinski definition) is 3. The van der Waals surface area contributed by atoms with Crippen LogP contribution in [-0.4, -0.2) is 16.9 Å². The second-order valence-corrected chi connectivity index (χ2v) is 1.74. The van der Waals surface area contributed by atoms with E-state index in [4.69, 9.17) is 16.2 Å². The van der Waals surface area contributed by atoms with Gasteiger partial charge in [-0.25, -0.2) is 4.79 Å². The molecule has 0 atom stereocenters. The maximum Gasteiger partial charge on any atom is 0.339 e. The molecule has 0 aromatic rings. The number of amidine groups is 1. The molecular formula is C6H10N2O2. The van der Waals surface area contributed by atoms with Gasteiger partial charge in [-0.3, -0.25) is 5.41 Å². The van der Waals surface area contributed by atoms with E-state index in [2.05, 4.69) is 0 Å². The Hall–Kier alpha value is -1.32. The summed E-state index contributed by atoms with van der Waals surface area (Å²) in [5.41, 5.74) is 4.84. The predicted octanol–water partition coefficient (Wildman–Crippen LogP) is 0.343. The van der Waals surface area contributed by atoms with Gasteiger partial charge < -0.3 is 10.8 Å². The molecule has 0 rings (SSSR count). The number of rotatable bonds is 3. The lowest BCUT2D eigenvalue weighted by atomic mass is 10.2. The van der Waals surface area contributed by atoms with Crippen LogP contribution in [0.4, 0.5) is 0 Å². The summed E-state index contributed by atoms with van der Waals surface area (Å²) in [5, 5.41) is 15.2. The van der Waals surface area contributed by atoms with Gasteiger partial charge in [0.1, 0.15) is 5.84 Å². The molecule has 0 heterocycles. The van der Waals surface area contributed by atoms with Crippen LogP contribution in [0.15, 0.2) is 11.6 Å². The Labute approximate surface area is 58.9 Å². The van der Waals surface area contributed by atoms with Crippen molar-refractivity contribution in [2.75, 3.05) is 0 Å². The number of carboxylic acids is 1. The number of carbonyl (C=O) groups is 1. The summed E-state index contributed by atoms with van der Waals surface area (Å²) in [4.78, 5) is 10.2. The zero-order valence-corrected chi connectivity index (χ0v) is 5.72.